The third kappa shape index (κ3) is 3.47. The number of carbonyl (C=O) groups is 1. The molecule has 1 heterocycles. The van der Waals surface area contributed by atoms with Crippen molar-refractivity contribution in [3.8, 4) is 0 Å². The molecular formula is C9H12BrN3O2. The molecule has 0 unspecified atom stereocenters. The molecule has 0 radical (unpaired) electrons. The van der Waals surface area contributed by atoms with E-state index < -0.39 is 11.6 Å². The van der Waals surface area contributed by atoms with E-state index in [2.05, 4.69) is 25.9 Å². The Morgan fingerprint density at radius 3 is 2.67 bits per heavy atom. The molecule has 6 heteroatoms. The van der Waals surface area contributed by atoms with E-state index in [4.69, 9.17) is 10.5 Å². The Labute approximate surface area is 96.2 Å². The second kappa shape index (κ2) is 4.14. The van der Waals surface area contributed by atoms with Gasteiger partial charge in [-0.15, -0.1) is 0 Å². The molecule has 0 aliphatic heterocycles. The molecule has 0 spiro atoms. The van der Waals surface area contributed by atoms with Gasteiger partial charge in [-0.2, -0.15) is 0 Å². The highest BCUT2D eigenvalue weighted by Gasteiger charge is 2.21. The third-order valence-corrected chi connectivity index (χ3v) is 1.94. The molecule has 0 bridgehead atoms. The van der Waals surface area contributed by atoms with Gasteiger partial charge in [0.1, 0.15) is 5.60 Å². The first-order chi connectivity index (χ1) is 6.79. The minimum Gasteiger partial charge on any atom is -0.455 e. The van der Waals surface area contributed by atoms with E-state index in [0.717, 1.165) is 0 Å². The van der Waals surface area contributed by atoms with Gasteiger partial charge in [0, 0.05) is 6.20 Å². The fourth-order valence-corrected chi connectivity index (χ4v) is 1.20. The lowest BCUT2D eigenvalue weighted by Crippen LogP contribution is -2.25. The Morgan fingerprint density at radius 1 is 1.53 bits per heavy atom. The summed E-state index contributed by atoms with van der Waals surface area (Å²) in [5, 5.41) is 0. The van der Waals surface area contributed by atoms with Gasteiger partial charge in [0.15, 0.2) is 5.69 Å². The molecule has 0 saturated heterocycles. The summed E-state index contributed by atoms with van der Waals surface area (Å²) in [6, 6.07) is 0. The average Bonchev–Trinajstić information content (AvgIpc) is 2.06. The number of anilines is 1. The van der Waals surface area contributed by atoms with Crippen molar-refractivity contribution in [2.45, 2.75) is 26.4 Å². The number of nitrogens with zero attached hydrogens (tertiary/aromatic N) is 2. The van der Waals surface area contributed by atoms with E-state index in [1.807, 2.05) is 0 Å². The molecule has 0 aliphatic carbocycles. The Bertz CT molecular complexity index is 387. The lowest BCUT2D eigenvalue weighted by atomic mass is 10.2. The molecule has 1 aromatic heterocycles. The number of esters is 1. The highest BCUT2D eigenvalue weighted by molar-refractivity contribution is 9.10. The van der Waals surface area contributed by atoms with Crippen LogP contribution in [-0.2, 0) is 4.74 Å². The van der Waals surface area contributed by atoms with Crippen LogP contribution < -0.4 is 5.73 Å². The third-order valence-electron chi connectivity index (χ3n) is 1.35. The normalized spacial score (nSPS) is 11.2. The van der Waals surface area contributed by atoms with Gasteiger partial charge in [-0.3, -0.25) is 0 Å². The maximum absolute atomic E-state index is 11.6. The van der Waals surface area contributed by atoms with Gasteiger partial charge in [0.05, 0.1) is 4.47 Å². The lowest BCUT2D eigenvalue weighted by molar-refractivity contribution is 0.00616. The lowest BCUT2D eigenvalue weighted by Gasteiger charge is -2.19. The summed E-state index contributed by atoms with van der Waals surface area (Å²) in [7, 11) is 0. The van der Waals surface area contributed by atoms with Crippen molar-refractivity contribution >= 4 is 27.8 Å². The molecule has 0 saturated carbocycles. The summed E-state index contributed by atoms with van der Waals surface area (Å²) in [6.45, 7) is 5.34. The number of nitrogens with two attached hydrogens (primary N) is 1. The Kier molecular flexibility index (Phi) is 3.28. The van der Waals surface area contributed by atoms with Crippen LogP contribution in [0.5, 0.6) is 0 Å². The van der Waals surface area contributed by atoms with Gasteiger partial charge >= 0.3 is 5.97 Å². The van der Waals surface area contributed by atoms with Crippen LogP contribution in [0, 0.1) is 0 Å². The van der Waals surface area contributed by atoms with Crippen molar-refractivity contribution in [2.24, 2.45) is 0 Å². The first-order valence-electron chi connectivity index (χ1n) is 4.31. The quantitative estimate of drug-likeness (QED) is 0.790. The SMILES string of the molecule is CC(C)(C)OC(=O)c1nc(N)ncc1Br. The fraction of sp³-hybridized carbons (Fsp3) is 0.444. The Balaban J connectivity index is 2.96. The predicted molar refractivity (Wildman–Crippen MR) is 59.3 cm³/mol. The first-order valence-corrected chi connectivity index (χ1v) is 5.10. The summed E-state index contributed by atoms with van der Waals surface area (Å²) in [5.74, 6) is -0.484. The number of halogens is 1. The maximum Gasteiger partial charge on any atom is 0.358 e. The van der Waals surface area contributed by atoms with Crippen molar-refractivity contribution in [2.75, 3.05) is 5.73 Å². The summed E-state index contributed by atoms with van der Waals surface area (Å²) >= 11 is 3.16. The van der Waals surface area contributed by atoms with Gasteiger partial charge in [0.2, 0.25) is 5.95 Å². The van der Waals surface area contributed by atoms with Gasteiger partial charge in [-0.1, -0.05) is 0 Å². The van der Waals surface area contributed by atoms with Crippen molar-refractivity contribution in [3.63, 3.8) is 0 Å². The van der Waals surface area contributed by atoms with E-state index in [-0.39, 0.29) is 11.6 Å². The highest BCUT2D eigenvalue weighted by atomic mass is 79.9. The van der Waals surface area contributed by atoms with Crippen LogP contribution in [0.4, 0.5) is 5.95 Å². The standard InChI is InChI=1S/C9H12BrN3O2/c1-9(2,3)15-7(14)6-5(10)4-12-8(11)13-6/h4H,1-3H3,(H2,11,12,13). The van der Waals surface area contributed by atoms with E-state index in [0.29, 0.717) is 4.47 Å². The largest absolute Gasteiger partial charge is 0.455 e. The average molecular weight is 274 g/mol. The number of nitrogen functional groups attached to an aromatic ring is 1. The van der Waals surface area contributed by atoms with Crippen molar-refractivity contribution in [1.82, 2.24) is 9.97 Å². The topological polar surface area (TPSA) is 78.1 Å². The monoisotopic (exact) mass is 273 g/mol. The predicted octanol–water partition coefficient (Wildman–Crippen LogP) is 1.78. The molecular weight excluding hydrogens is 262 g/mol. The highest BCUT2D eigenvalue weighted by Crippen LogP contribution is 2.18. The fourth-order valence-electron chi connectivity index (χ4n) is 0.850. The zero-order valence-corrected chi connectivity index (χ0v) is 10.3. The first kappa shape index (κ1) is 11.9. The number of ether oxygens (including phenoxy) is 1. The number of hydrogen-bond donors (Lipinski definition) is 1. The van der Waals surface area contributed by atoms with E-state index in [9.17, 15) is 4.79 Å². The molecule has 0 atom stereocenters. The van der Waals surface area contributed by atoms with Crippen LogP contribution in [0.3, 0.4) is 0 Å². The molecule has 15 heavy (non-hydrogen) atoms. The zero-order valence-electron chi connectivity index (χ0n) is 8.74. The number of hydrogen-bond acceptors (Lipinski definition) is 5. The summed E-state index contributed by atoms with van der Waals surface area (Å²) in [6.07, 6.45) is 1.42. The molecule has 0 aromatic carbocycles. The van der Waals surface area contributed by atoms with E-state index in [1.54, 1.807) is 20.8 Å². The van der Waals surface area contributed by atoms with Crippen LogP contribution in [0.25, 0.3) is 0 Å². The molecule has 0 aliphatic rings. The second-order valence-electron chi connectivity index (χ2n) is 3.93. The summed E-state index contributed by atoms with van der Waals surface area (Å²) in [4.78, 5) is 19.2. The Morgan fingerprint density at radius 2 is 2.13 bits per heavy atom. The molecule has 0 fully saturated rings. The van der Waals surface area contributed by atoms with Crippen molar-refractivity contribution < 1.29 is 9.53 Å². The summed E-state index contributed by atoms with van der Waals surface area (Å²) in [5.41, 5.74) is 4.96. The van der Waals surface area contributed by atoms with Gasteiger partial charge in [0.25, 0.3) is 0 Å². The number of rotatable bonds is 1. The molecule has 82 valence electrons. The van der Waals surface area contributed by atoms with E-state index in [1.165, 1.54) is 6.20 Å². The van der Waals surface area contributed by atoms with Gasteiger partial charge < -0.3 is 10.5 Å². The van der Waals surface area contributed by atoms with E-state index >= 15 is 0 Å². The molecule has 2 N–H and O–H groups in total. The summed E-state index contributed by atoms with van der Waals surface area (Å²) < 4.78 is 5.61. The van der Waals surface area contributed by atoms with Crippen LogP contribution in [-0.4, -0.2) is 21.5 Å². The minimum atomic E-state index is -0.559. The molecule has 0 amide bonds. The van der Waals surface area contributed by atoms with Crippen LogP contribution in [0.2, 0.25) is 0 Å². The smallest absolute Gasteiger partial charge is 0.358 e. The molecule has 1 rings (SSSR count). The zero-order chi connectivity index (χ0) is 11.6. The maximum atomic E-state index is 11.6. The Hall–Kier alpha value is -1.17. The number of carbonyl (C=O) groups excluding carboxylic acids is 1. The molecule has 5 nitrogen and oxygen atoms in total. The minimum absolute atomic E-state index is 0.0408. The number of aromatic nitrogens is 2. The second-order valence-corrected chi connectivity index (χ2v) is 4.78. The van der Waals surface area contributed by atoms with Gasteiger partial charge in [-0.25, -0.2) is 14.8 Å². The molecule has 1 aromatic rings. The van der Waals surface area contributed by atoms with Crippen molar-refractivity contribution in [3.05, 3.63) is 16.4 Å². The van der Waals surface area contributed by atoms with Gasteiger partial charge in [-0.05, 0) is 36.7 Å². The van der Waals surface area contributed by atoms with Crippen LogP contribution >= 0.6 is 15.9 Å². The van der Waals surface area contributed by atoms with Crippen LogP contribution in [0.1, 0.15) is 31.3 Å². The van der Waals surface area contributed by atoms with Crippen molar-refractivity contribution in [1.29, 1.82) is 0 Å². The van der Waals surface area contributed by atoms with Crippen LogP contribution in [0.15, 0.2) is 10.7 Å².